The summed E-state index contributed by atoms with van der Waals surface area (Å²) in [5.74, 6) is 0.356. The lowest BCUT2D eigenvalue weighted by Crippen LogP contribution is -2.42. The highest BCUT2D eigenvalue weighted by atomic mass is 16.3. The van der Waals surface area contributed by atoms with Gasteiger partial charge in [-0.05, 0) is 12.8 Å². The minimum absolute atomic E-state index is 0.124. The molecule has 0 rings (SSSR count). The summed E-state index contributed by atoms with van der Waals surface area (Å²) in [5.41, 5.74) is 0. The van der Waals surface area contributed by atoms with E-state index in [0.29, 0.717) is 0 Å². The molecule has 1 N–H and O–H groups in total. The second kappa shape index (κ2) is 17.8. The molecule has 0 bridgehead atoms. The van der Waals surface area contributed by atoms with E-state index in [1.165, 1.54) is 83.5 Å². The molecule has 0 saturated carbocycles. The van der Waals surface area contributed by atoms with Crippen molar-refractivity contribution in [2.24, 2.45) is 5.92 Å². The highest BCUT2D eigenvalue weighted by Gasteiger charge is 2.25. The molecule has 2 atom stereocenters. The van der Waals surface area contributed by atoms with Crippen molar-refractivity contribution in [2.75, 3.05) is 13.7 Å². The Morgan fingerprint density at radius 3 is 1.62 bits per heavy atom. The molecule has 3 heteroatoms. The minimum Gasteiger partial charge on any atom is -0.396 e. The molecule has 0 fully saturated rings. The van der Waals surface area contributed by atoms with Gasteiger partial charge in [-0.3, -0.25) is 4.79 Å². The fraction of sp³-hybridized carbons (Fsp3) is 0.957. The molecule has 1 amide bonds. The highest BCUT2D eigenvalue weighted by molar-refractivity contribution is 5.73. The number of amides is 1. The van der Waals surface area contributed by atoms with Crippen LogP contribution < -0.4 is 0 Å². The molecule has 3 nitrogen and oxygen atoms in total. The van der Waals surface area contributed by atoms with Gasteiger partial charge in [0.25, 0.3) is 0 Å². The Morgan fingerprint density at radius 1 is 0.769 bits per heavy atom. The number of aliphatic hydroxyl groups excluding tert-OH is 1. The maximum absolute atomic E-state index is 11.9. The van der Waals surface area contributed by atoms with Gasteiger partial charge in [0.2, 0.25) is 5.91 Å². The molecule has 0 spiro atoms. The van der Waals surface area contributed by atoms with Crippen molar-refractivity contribution >= 4 is 5.91 Å². The van der Waals surface area contributed by atoms with E-state index in [4.69, 9.17) is 0 Å². The van der Waals surface area contributed by atoms with Crippen molar-refractivity contribution in [3.8, 4) is 0 Å². The zero-order valence-corrected chi connectivity index (χ0v) is 18.3. The van der Waals surface area contributed by atoms with E-state index in [1.807, 2.05) is 11.9 Å². The molecule has 2 unspecified atom stereocenters. The predicted octanol–water partition coefficient (Wildman–Crippen LogP) is 6.33. The molecule has 0 aliphatic heterocycles. The largest absolute Gasteiger partial charge is 0.396 e. The second-order valence-corrected chi connectivity index (χ2v) is 8.11. The fourth-order valence-electron chi connectivity index (χ4n) is 3.88. The summed E-state index contributed by atoms with van der Waals surface area (Å²) in [6, 6.07) is 0.198. The van der Waals surface area contributed by atoms with Gasteiger partial charge in [-0.15, -0.1) is 0 Å². The Balaban J connectivity index is 4.27. The van der Waals surface area contributed by atoms with Gasteiger partial charge in [-0.2, -0.15) is 0 Å². The first-order valence-corrected chi connectivity index (χ1v) is 11.4. The lowest BCUT2D eigenvalue weighted by atomic mass is 9.89. The Bertz CT molecular complexity index is 319. The van der Waals surface area contributed by atoms with E-state index in [0.717, 1.165) is 12.8 Å². The molecule has 0 radical (unpaired) electrons. The minimum atomic E-state index is 0.124. The van der Waals surface area contributed by atoms with E-state index in [1.54, 1.807) is 6.92 Å². The van der Waals surface area contributed by atoms with Crippen LogP contribution in [0.2, 0.25) is 0 Å². The van der Waals surface area contributed by atoms with Crippen molar-refractivity contribution in [1.82, 2.24) is 4.90 Å². The number of hydrogen-bond acceptors (Lipinski definition) is 2. The molecule has 156 valence electrons. The number of unbranched alkanes of at least 4 members (excludes halogenated alkanes) is 11. The first-order valence-electron chi connectivity index (χ1n) is 11.4. The van der Waals surface area contributed by atoms with Crippen molar-refractivity contribution in [3.05, 3.63) is 0 Å². The van der Waals surface area contributed by atoms with E-state index in [-0.39, 0.29) is 24.5 Å². The van der Waals surface area contributed by atoms with Crippen LogP contribution in [0.25, 0.3) is 0 Å². The van der Waals surface area contributed by atoms with Crippen LogP contribution in [-0.4, -0.2) is 35.6 Å². The predicted molar refractivity (Wildman–Crippen MR) is 113 cm³/mol. The molecule has 0 aliphatic rings. The highest BCUT2D eigenvalue weighted by Crippen LogP contribution is 2.23. The molecule has 0 saturated heterocycles. The second-order valence-electron chi connectivity index (χ2n) is 8.11. The Kier molecular flexibility index (Phi) is 17.4. The van der Waals surface area contributed by atoms with Crippen LogP contribution in [0.15, 0.2) is 0 Å². The van der Waals surface area contributed by atoms with Gasteiger partial charge in [0.05, 0.1) is 0 Å². The van der Waals surface area contributed by atoms with E-state index in [2.05, 4.69) is 13.8 Å². The van der Waals surface area contributed by atoms with Gasteiger partial charge < -0.3 is 10.0 Å². The van der Waals surface area contributed by atoms with E-state index >= 15 is 0 Å². The molecule has 26 heavy (non-hydrogen) atoms. The summed E-state index contributed by atoms with van der Waals surface area (Å²) in [7, 11) is 1.91. The fourth-order valence-corrected chi connectivity index (χ4v) is 3.88. The van der Waals surface area contributed by atoms with E-state index in [9.17, 15) is 9.90 Å². The number of hydrogen-bond donors (Lipinski definition) is 1. The smallest absolute Gasteiger partial charge is 0.219 e. The zero-order valence-electron chi connectivity index (χ0n) is 18.3. The lowest BCUT2D eigenvalue weighted by molar-refractivity contribution is -0.131. The van der Waals surface area contributed by atoms with Crippen LogP contribution in [0.3, 0.4) is 0 Å². The average molecular weight is 370 g/mol. The summed E-state index contributed by atoms with van der Waals surface area (Å²) in [5, 5.41) is 9.93. The van der Waals surface area contributed by atoms with Crippen LogP contribution in [0.4, 0.5) is 0 Å². The van der Waals surface area contributed by atoms with Crippen molar-refractivity contribution in [2.45, 2.75) is 123 Å². The molecule has 0 aromatic rings. The monoisotopic (exact) mass is 369 g/mol. The molecule has 0 aliphatic carbocycles. The molecule has 0 heterocycles. The number of carbonyl (C=O) groups is 1. The topological polar surface area (TPSA) is 40.5 Å². The maximum atomic E-state index is 11.9. The van der Waals surface area contributed by atoms with Crippen molar-refractivity contribution < 1.29 is 9.90 Å². The molecule has 0 aromatic heterocycles. The van der Waals surface area contributed by atoms with Gasteiger partial charge >= 0.3 is 0 Å². The van der Waals surface area contributed by atoms with Gasteiger partial charge in [0.15, 0.2) is 0 Å². The van der Waals surface area contributed by atoms with Gasteiger partial charge in [0, 0.05) is 32.5 Å². The maximum Gasteiger partial charge on any atom is 0.219 e. The molecular weight excluding hydrogens is 322 g/mol. The lowest BCUT2D eigenvalue weighted by Gasteiger charge is -2.33. The summed E-state index contributed by atoms with van der Waals surface area (Å²) in [6.45, 7) is 6.35. The average Bonchev–Trinajstić information content (AvgIpc) is 2.63. The number of aliphatic hydroxyl groups is 1. The van der Waals surface area contributed by atoms with Gasteiger partial charge in [-0.1, -0.05) is 97.3 Å². The van der Waals surface area contributed by atoms with Gasteiger partial charge in [-0.25, -0.2) is 0 Å². The van der Waals surface area contributed by atoms with E-state index < -0.39 is 0 Å². The van der Waals surface area contributed by atoms with Crippen LogP contribution in [0, 0.1) is 5.92 Å². The quantitative estimate of drug-likeness (QED) is 0.287. The molecular formula is C23H47NO2. The number of rotatable bonds is 18. The van der Waals surface area contributed by atoms with Crippen LogP contribution in [0.5, 0.6) is 0 Å². The summed E-state index contributed by atoms with van der Waals surface area (Å²) in [6.07, 6.45) is 18.8. The van der Waals surface area contributed by atoms with Crippen molar-refractivity contribution in [3.63, 3.8) is 0 Å². The van der Waals surface area contributed by atoms with Crippen LogP contribution in [-0.2, 0) is 4.79 Å². The van der Waals surface area contributed by atoms with Crippen LogP contribution in [0.1, 0.15) is 117 Å². The Morgan fingerprint density at radius 2 is 1.19 bits per heavy atom. The molecule has 0 aromatic carbocycles. The zero-order chi connectivity index (χ0) is 19.6. The van der Waals surface area contributed by atoms with Crippen LogP contribution >= 0.6 is 0 Å². The first-order chi connectivity index (χ1) is 12.6. The third-order valence-corrected chi connectivity index (χ3v) is 5.80. The third kappa shape index (κ3) is 12.7. The first kappa shape index (κ1) is 25.4. The van der Waals surface area contributed by atoms with Crippen molar-refractivity contribution in [1.29, 1.82) is 0 Å². The number of carbonyl (C=O) groups excluding carboxylic acids is 1. The number of nitrogens with zero attached hydrogens (tertiary/aromatic N) is 1. The standard InChI is InChI=1S/C23H47NO2/c1-5-7-9-11-13-14-16-18-22(20-25)23(24(4)21(3)26)19-17-15-12-10-8-6-2/h22-23,25H,5-20H2,1-4H3. The Labute approximate surface area is 163 Å². The SMILES string of the molecule is CCCCCCCCCC(CO)C(CCCCCCCC)N(C)C(C)=O. The third-order valence-electron chi connectivity index (χ3n) is 5.80. The summed E-state index contributed by atoms with van der Waals surface area (Å²) in [4.78, 5) is 13.8. The van der Waals surface area contributed by atoms with Gasteiger partial charge in [0.1, 0.15) is 0 Å². The normalized spacial score (nSPS) is 13.6. The summed E-state index contributed by atoms with van der Waals surface area (Å²) >= 11 is 0. The summed E-state index contributed by atoms with van der Waals surface area (Å²) < 4.78 is 0. The Hall–Kier alpha value is -0.570.